The number of piperidine rings is 1. The molecule has 2 aromatic carbocycles. The average Bonchev–Trinajstić information content (AvgIpc) is 2.83. The first-order valence-electron chi connectivity index (χ1n) is 11.2. The van der Waals surface area contributed by atoms with Gasteiger partial charge >= 0.3 is 0 Å². The molecule has 2 aliphatic rings. The molecule has 0 radical (unpaired) electrons. The third-order valence-corrected chi connectivity index (χ3v) is 6.99. The lowest BCUT2D eigenvalue weighted by molar-refractivity contribution is -0.138. The van der Waals surface area contributed by atoms with Crippen molar-refractivity contribution in [1.29, 1.82) is 0 Å². The minimum Gasteiger partial charge on any atom is -0.340 e. The van der Waals surface area contributed by atoms with Gasteiger partial charge in [0.15, 0.2) is 0 Å². The summed E-state index contributed by atoms with van der Waals surface area (Å²) >= 11 is 3.41. The number of rotatable bonds is 5. The Morgan fingerprint density at radius 3 is 2.10 bits per heavy atom. The molecule has 0 atom stereocenters. The number of amides is 2. The van der Waals surface area contributed by atoms with Crippen LogP contribution in [0, 0.1) is 5.92 Å². The maximum Gasteiger partial charge on any atom is 0.253 e. The Morgan fingerprint density at radius 1 is 0.806 bits per heavy atom. The molecule has 0 bridgehead atoms. The first kappa shape index (κ1) is 22.0. The van der Waals surface area contributed by atoms with Gasteiger partial charge in [0.05, 0.1) is 0 Å². The maximum atomic E-state index is 13.0. The van der Waals surface area contributed by atoms with Crippen LogP contribution in [0.25, 0.3) is 0 Å². The summed E-state index contributed by atoms with van der Waals surface area (Å²) in [4.78, 5) is 32.1. The van der Waals surface area contributed by atoms with E-state index in [2.05, 4.69) is 51.2 Å². The Bertz CT molecular complexity index is 871. The SMILES string of the molecule is O=C(c1ccc(Br)cc1)N1CCC(C(=O)N2CCN(CCc3ccccc3)CC2)CC1. The van der Waals surface area contributed by atoms with Gasteiger partial charge in [-0.05, 0) is 49.1 Å². The zero-order chi connectivity index (χ0) is 21.6. The molecule has 0 aromatic heterocycles. The molecule has 0 saturated carbocycles. The summed E-state index contributed by atoms with van der Waals surface area (Å²) in [5.41, 5.74) is 2.07. The van der Waals surface area contributed by atoms with Gasteiger partial charge in [0, 0.05) is 61.8 Å². The number of hydrogen-bond acceptors (Lipinski definition) is 3. The van der Waals surface area contributed by atoms with E-state index in [9.17, 15) is 9.59 Å². The molecule has 0 N–H and O–H groups in total. The molecule has 2 fully saturated rings. The van der Waals surface area contributed by atoms with Crippen LogP contribution in [0.5, 0.6) is 0 Å². The molecule has 6 heteroatoms. The van der Waals surface area contributed by atoms with Gasteiger partial charge in [-0.2, -0.15) is 0 Å². The van der Waals surface area contributed by atoms with Crippen LogP contribution in [0.3, 0.4) is 0 Å². The second-order valence-corrected chi connectivity index (χ2v) is 9.39. The van der Waals surface area contributed by atoms with Crippen molar-refractivity contribution in [3.8, 4) is 0 Å². The van der Waals surface area contributed by atoms with Crippen molar-refractivity contribution in [2.75, 3.05) is 45.8 Å². The topological polar surface area (TPSA) is 43.9 Å². The predicted octanol–water partition coefficient (Wildman–Crippen LogP) is 3.69. The summed E-state index contributed by atoms with van der Waals surface area (Å²) in [6.07, 6.45) is 2.57. The van der Waals surface area contributed by atoms with E-state index in [1.807, 2.05) is 34.1 Å². The molecule has 2 aliphatic heterocycles. The first-order valence-corrected chi connectivity index (χ1v) is 12.0. The van der Waals surface area contributed by atoms with Crippen molar-refractivity contribution >= 4 is 27.7 Å². The number of halogens is 1. The van der Waals surface area contributed by atoms with Crippen LogP contribution in [-0.4, -0.2) is 72.3 Å². The fourth-order valence-corrected chi connectivity index (χ4v) is 4.75. The fraction of sp³-hybridized carbons (Fsp3) is 0.440. The van der Waals surface area contributed by atoms with Gasteiger partial charge in [-0.3, -0.25) is 14.5 Å². The number of benzene rings is 2. The van der Waals surface area contributed by atoms with Crippen LogP contribution in [0.4, 0.5) is 0 Å². The lowest BCUT2D eigenvalue weighted by atomic mass is 9.94. The average molecular weight is 484 g/mol. The molecule has 0 unspecified atom stereocenters. The monoisotopic (exact) mass is 483 g/mol. The molecule has 2 aromatic rings. The Labute approximate surface area is 193 Å². The van der Waals surface area contributed by atoms with Crippen molar-refractivity contribution in [2.24, 2.45) is 5.92 Å². The standard InChI is InChI=1S/C25H30BrN3O2/c26-23-8-6-21(7-9-23)24(30)28-14-11-22(12-15-28)25(31)29-18-16-27(17-19-29)13-10-20-4-2-1-3-5-20/h1-9,22H,10-19H2. The third-order valence-electron chi connectivity index (χ3n) is 6.47. The molecule has 5 nitrogen and oxygen atoms in total. The lowest BCUT2D eigenvalue weighted by Crippen LogP contribution is -2.52. The highest BCUT2D eigenvalue weighted by molar-refractivity contribution is 9.10. The number of hydrogen-bond donors (Lipinski definition) is 0. The van der Waals surface area contributed by atoms with Gasteiger partial charge in [0.1, 0.15) is 0 Å². The molecule has 2 saturated heterocycles. The van der Waals surface area contributed by atoms with Crippen LogP contribution in [0.15, 0.2) is 59.1 Å². The lowest BCUT2D eigenvalue weighted by Gasteiger charge is -2.38. The Hall–Kier alpha value is -2.18. The predicted molar refractivity (Wildman–Crippen MR) is 126 cm³/mol. The smallest absolute Gasteiger partial charge is 0.253 e. The molecule has 164 valence electrons. The van der Waals surface area contributed by atoms with Crippen molar-refractivity contribution in [1.82, 2.24) is 14.7 Å². The van der Waals surface area contributed by atoms with Crippen molar-refractivity contribution in [2.45, 2.75) is 19.3 Å². The van der Waals surface area contributed by atoms with Crippen molar-refractivity contribution < 1.29 is 9.59 Å². The maximum absolute atomic E-state index is 13.0. The zero-order valence-electron chi connectivity index (χ0n) is 17.9. The molecule has 31 heavy (non-hydrogen) atoms. The quantitative estimate of drug-likeness (QED) is 0.651. The van der Waals surface area contributed by atoms with Crippen LogP contribution < -0.4 is 0 Å². The summed E-state index contributed by atoms with van der Waals surface area (Å²) < 4.78 is 0.966. The van der Waals surface area contributed by atoms with E-state index in [1.54, 1.807) is 0 Å². The van der Waals surface area contributed by atoms with Crippen molar-refractivity contribution in [3.63, 3.8) is 0 Å². The molecule has 0 spiro atoms. The summed E-state index contributed by atoms with van der Waals surface area (Å²) in [6, 6.07) is 18.1. The van der Waals surface area contributed by atoms with E-state index in [-0.39, 0.29) is 17.7 Å². The zero-order valence-corrected chi connectivity index (χ0v) is 19.5. The fourth-order valence-electron chi connectivity index (χ4n) is 4.49. The molecule has 2 heterocycles. The molecular formula is C25H30BrN3O2. The Balaban J connectivity index is 1.20. The number of piperazine rings is 1. The highest BCUT2D eigenvalue weighted by atomic mass is 79.9. The Morgan fingerprint density at radius 2 is 1.45 bits per heavy atom. The van der Waals surface area contributed by atoms with Gasteiger partial charge in [-0.25, -0.2) is 0 Å². The van der Waals surface area contributed by atoms with Crippen LogP contribution in [-0.2, 0) is 11.2 Å². The van der Waals surface area contributed by atoms with E-state index >= 15 is 0 Å². The minimum absolute atomic E-state index is 0.0461. The molecule has 4 rings (SSSR count). The van der Waals surface area contributed by atoms with Gasteiger partial charge in [0.25, 0.3) is 5.91 Å². The van der Waals surface area contributed by atoms with Gasteiger partial charge in [-0.1, -0.05) is 46.3 Å². The summed E-state index contributed by atoms with van der Waals surface area (Å²) in [7, 11) is 0. The number of nitrogens with zero attached hydrogens (tertiary/aromatic N) is 3. The third kappa shape index (κ3) is 5.74. The van der Waals surface area contributed by atoms with E-state index in [4.69, 9.17) is 0 Å². The van der Waals surface area contributed by atoms with E-state index < -0.39 is 0 Å². The van der Waals surface area contributed by atoms with E-state index in [0.717, 1.165) is 56.5 Å². The number of carbonyl (C=O) groups is 2. The normalized spacial score (nSPS) is 18.2. The summed E-state index contributed by atoms with van der Waals surface area (Å²) in [6.45, 7) is 5.86. The van der Waals surface area contributed by atoms with Gasteiger partial charge < -0.3 is 9.80 Å². The number of carbonyl (C=O) groups excluding carboxylic acids is 2. The largest absolute Gasteiger partial charge is 0.340 e. The van der Waals surface area contributed by atoms with Crippen molar-refractivity contribution in [3.05, 3.63) is 70.2 Å². The molecule has 0 aliphatic carbocycles. The molecule has 2 amide bonds. The number of likely N-dealkylation sites (tertiary alicyclic amines) is 1. The molecular weight excluding hydrogens is 454 g/mol. The minimum atomic E-state index is 0.0461. The highest BCUT2D eigenvalue weighted by Crippen LogP contribution is 2.22. The van der Waals surface area contributed by atoms with Crippen LogP contribution >= 0.6 is 15.9 Å². The first-order chi connectivity index (χ1) is 15.1. The Kier molecular flexibility index (Phi) is 7.41. The second kappa shape index (κ2) is 10.4. The second-order valence-electron chi connectivity index (χ2n) is 8.48. The summed E-state index contributed by atoms with van der Waals surface area (Å²) in [5.74, 6) is 0.383. The van der Waals surface area contributed by atoms with E-state index in [1.165, 1.54) is 5.56 Å². The van der Waals surface area contributed by atoms with Crippen LogP contribution in [0.2, 0.25) is 0 Å². The summed E-state index contributed by atoms with van der Waals surface area (Å²) in [5, 5.41) is 0. The van der Waals surface area contributed by atoms with E-state index in [0.29, 0.717) is 18.7 Å². The van der Waals surface area contributed by atoms with Gasteiger partial charge in [0.2, 0.25) is 5.91 Å². The van der Waals surface area contributed by atoms with Gasteiger partial charge in [-0.15, -0.1) is 0 Å². The van der Waals surface area contributed by atoms with Crippen LogP contribution in [0.1, 0.15) is 28.8 Å². The highest BCUT2D eigenvalue weighted by Gasteiger charge is 2.31.